The molecule has 1 aromatic heterocycles. The Morgan fingerprint density at radius 1 is 1.21 bits per heavy atom. The molecule has 2 aromatic rings. The van der Waals surface area contributed by atoms with E-state index in [-0.39, 0.29) is 17.8 Å². The summed E-state index contributed by atoms with van der Waals surface area (Å²) in [7, 11) is 0. The lowest BCUT2D eigenvalue weighted by atomic mass is 10.0. The molecule has 2 nitrogen and oxygen atoms in total. The second-order valence-electron chi connectivity index (χ2n) is 4.72. The zero-order valence-corrected chi connectivity index (χ0v) is 11.7. The highest BCUT2D eigenvalue weighted by Crippen LogP contribution is 2.26. The SMILES string of the molecule is CC(C)[C@H](NC(=O)c1ccc(F)cc1)c1cccs1. The molecule has 4 heteroatoms. The summed E-state index contributed by atoms with van der Waals surface area (Å²) in [5.74, 6) is -0.217. The van der Waals surface area contributed by atoms with E-state index >= 15 is 0 Å². The van der Waals surface area contributed by atoms with E-state index in [4.69, 9.17) is 0 Å². The van der Waals surface area contributed by atoms with Gasteiger partial charge in [-0.25, -0.2) is 4.39 Å². The summed E-state index contributed by atoms with van der Waals surface area (Å²) in [6.45, 7) is 4.13. The van der Waals surface area contributed by atoms with Crippen molar-refractivity contribution >= 4 is 17.2 Å². The first-order valence-electron chi connectivity index (χ1n) is 6.18. The van der Waals surface area contributed by atoms with Gasteiger partial charge in [0.25, 0.3) is 5.91 Å². The molecule has 1 N–H and O–H groups in total. The molecule has 0 fully saturated rings. The highest BCUT2D eigenvalue weighted by Gasteiger charge is 2.19. The normalized spacial score (nSPS) is 12.4. The van der Waals surface area contributed by atoms with Gasteiger partial charge in [0.05, 0.1) is 6.04 Å². The summed E-state index contributed by atoms with van der Waals surface area (Å²) >= 11 is 1.62. The molecule has 1 amide bonds. The zero-order chi connectivity index (χ0) is 13.8. The van der Waals surface area contributed by atoms with Crippen LogP contribution in [0.3, 0.4) is 0 Å². The minimum atomic E-state index is -0.338. The molecule has 19 heavy (non-hydrogen) atoms. The lowest BCUT2D eigenvalue weighted by Gasteiger charge is -2.21. The highest BCUT2D eigenvalue weighted by atomic mass is 32.1. The van der Waals surface area contributed by atoms with Gasteiger partial charge in [0.2, 0.25) is 0 Å². The van der Waals surface area contributed by atoms with Crippen LogP contribution >= 0.6 is 11.3 Å². The van der Waals surface area contributed by atoms with Gasteiger partial charge in [-0.15, -0.1) is 11.3 Å². The lowest BCUT2D eigenvalue weighted by molar-refractivity contribution is 0.0926. The van der Waals surface area contributed by atoms with Gasteiger partial charge in [-0.05, 0) is 41.6 Å². The predicted molar refractivity (Wildman–Crippen MR) is 75.8 cm³/mol. The number of hydrogen-bond acceptors (Lipinski definition) is 2. The Bertz CT molecular complexity index is 534. The molecule has 1 aromatic carbocycles. The quantitative estimate of drug-likeness (QED) is 0.898. The molecule has 0 unspecified atom stereocenters. The van der Waals surface area contributed by atoms with Gasteiger partial charge in [0.15, 0.2) is 0 Å². The molecule has 100 valence electrons. The van der Waals surface area contributed by atoms with Gasteiger partial charge in [-0.3, -0.25) is 4.79 Å². The third-order valence-corrected chi connectivity index (χ3v) is 3.86. The van der Waals surface area contributed by atoms with Gasteiger partial charge in [0.1, 0.15) is 5.82 Å². The number of carbonyl (C=O) groups excluding carboxylic acids is 1. The van der Waals surface area contributed by atoms with Gasteiger partial charge >= 0.3 is 0 Å². The highest BCUT2D eigenvalue weighted by molar-refractivity contribution is 7.10. The Hall–Kier alpha value is -1.68. The van der Waals surface area contributed by atoms with E-state index in [9.17, 15) is 9.18 Å². The van der Waals surface area contributed by atoms with E-state index in [1.54, 1.807) is 11.3 Å². The number of thiophene rings is 1. The first kappa shape index (κ1) is 13.7. The smallest absolute Gasteiger partial charge is 0.251 e. The fourth-order valence-corrected chi connectivity index (χ4v) is 2.81. The van der Waals surface area contributed by atoms with E-state index in [1.807, 2.05) is 17.5 Å². The van der Waals surface area contributed by atoms with Crippen molar-refractivity contribution in [3.8, 4) is 0 Å². The second kappa shape index (κ2) is 5.97. The molecule has 2 rings (SSSR count). The lowest BCUT2D eigenvalue weighted by Crippen LogP contribution is -2.31. The third-order valence-electron chi connectivity index (χ3n) is 2.91. The first-order valence-corrected chi connectivity index (χ1v) is 7.05. The molecule has 0 spiro atoms. The first-order chi connectivity index (χ1) is 9.08. The van der Waals surface area contributed by atoms with Crippen molar-refractivity contribution in [1.82, 2.24) is 5.32 Å². The van der Waals surface area contributed by atoms with Crippen molar-refractivity contribution < 1.29 is 9.18 Å². The largest absolute Gasteiger partial charge is 0.344 e. The van der Waals surface area contributed by atoms with Gasteiger partial charge in [0, 0.05) is 10.4 Å². The number of hydrogen-bond donors (Lipinski definition) is 1. The molecular formula is C15H16FNOS. The van der Waals surface area contributed by atoms with Crippen LogP contribution < -0.4 is 5.32 Å². The van der Waals surface area contributed by atoms with Crippen LogP contribution in [0.4, 0.5) is 4.39 Å². The Kier molecular flexibility index (Phi) is 4.32. The molecule has 0 bridgehead atoms. The summed E-state index contributed by atoms with van der Waals surface area (Å²) in [6.07, 6.45) is 0. The van der Waals surface area contributed by atoms with Crippen LogP contribution in [0.1, 0.15) is 35.1 Å². The Labute approximate surface area is 116 Å². The van der Waals surface area contributed by atoms with Gasteiger partial charge in [-0.1, -0.05) is 19.9 Å². The van der Waals surface area contributed by atoms with Crippen molar-refractivity contribution in [2.24, 2.45) is 5.92 Å². The van der Waals surface area contributed by atoms with Gasteiger partial charge < -0.3 is 5.32 Å². The summed E-state index contributed by atoms with van der Waals surface area (Å²) < 4.78 is 12.8. The van der Waals surface area contributed by atoms with Crippen LogP contribution in [-0.4, -0.2) is 5.91 Å². The maximum Gasteiger partial charge on any atom is 0.251 e. The maximum atomic E-state index is 12.8. The number of amides is 1. The molecule has 0 radical (unpaired) electrons. The van der Waals surface area contributed by atoms with Crippen LogP contribution in [0.5, 0.6) is 0 Å². The average molecular weight is 277 g/mol. The molecule has 0 aliphatic rings. The number of nitrogens with one attached hydrogen (secondary N) is 1. The average Bonchev–Trinajstić information content (AvgIpc) is 2.89. The summed E-state index contributed by atoms with van der Waals surface area (Å²) in [4.78, 5) is 13.3. The minimum absolute atomic E-state index is 0.0162. The third kappa shape index (κ3) is 3.41. The van der Waals surface area contributed by atoms with E-state index in [1.165, 1.54) is 24.3 Å². The fourth-order valence-electron chi connectivity index (χ4n) is 1.86. The number of carbonyl (C=O) groups is 1. The van der Waals surface area contributed by atoms with Crippen LogP contribution in [0.25, 0.3) is 0 Å². The molecule has 0 aliphatic carbocycles. The van der Waals surface area contributed by atoms with Crippen molar-refractivity contribution in [2.45, 2.75) is 19.9 Å². The van der Waals surface area contributed by atoms with Crippen LogP contribution in [0.15, 0.2) is 41.8 Å². The maximum absolute atomic E-state index is 12.8. The standard InChI is InChI=1S/C15H16FNOS/c1-10(2)14(13-4-3-9-19-13)17-15(18)11-5-7-12(16)8-6-11/h3-10,14H,1-2H3,(H,17,18)/t14-/m0/s1. The zero-order valence-electron chi connectivity index (χ0n) is 10.9. The number of benzene rings is 1. The molecular weight excluding hydrogens is 261 g/mol. The van der Waals surface area contributed by atoms with E-state index < -0.39 is 0 Å². The molecule has 1 heterocycles. The van der Waals surface area contributed by atoms with Crippen molar-refractivity contribution in [1.29, 1.82) is 0 Å². The molecule has 1 atom stereocenters. The molecule has 0 saturated carbocycles. The minimum Gasteiger partial charge on any atom is -0.344 e. The second-order valence-corrected chi connectivity index (χ2v) is 5.70. The Morgan fingerprint density at radius 3 is 2.42 bits per heavy atom. The Morgan fingerprint density at radius 2 is 1.89 bits per heavy atom. The topological polar surface area (TPSA) is 29.1 Å². The number of rotatable bonds is 4. The van der Waals surface area contributed by atoms with Gasteiger partial charge in [-0.2, -0.15) is 0 Å². The van der Waals surface area contributed by atoms with Crippen molar-refractivity contribution in [2.75, 3.05) is 0 Å². The van der Waals surface area contributed by atoms with Crippen LogP contribution in [-0.2, 0) is 0 Å². The van der Waals surface area contributed by atoms with Crippen LogP contribution in [0.2, 0.25) is 0 Å². The molecule has 0 aliphatic heterocycles. The van der Waals surface area contributed by atoms with Crippen molar-refractivity contribution in [3.63, 3.8) is 0 Å². The summed E-state index contributed by atoms with van der Waals surface area (Å²) in [5, 5.41) is 5.00. The fraction of sp³-hybridized carbons (Fsp3) is 0.267. The van der Waals surface area contributed by atoms with Crippen molar-refractivity contribution in [3.05, 3.63) is 58.0 Å². The molecule has 0 saturated heterocycles. The van der Waals surface area contributed by atoms with Crippen LogP contribution in [0, 0.1) is 11.7 Å². The van der Waals surface area contributed by atoms with E-state index in [0.717, 1.165) is 4.88 Å². The Balaban J connectivity index is 2.14. The van der Waals surface area contributed by atoms with E-state index in [2.05, 4.69) is 19.2 Å². The summed E-state index contributed by atoms with van der Waals surface area (Å²) in [6, 6.07) is 9.55. The summed E-state index contributed by atoms with van der Waals surface area (Å²) in [5.41, 5.74) is 0.476. The number of halogens is 1. The van der Waals surface area contributed by atoms with E-state index in [0.29, 0.717) is 11.5 Å². The monoisotopic (exact) mass is 277 g/mol. The predicted octanol–water partition coefficient (Wildman–Crippen LogP) is 4.01.